The van der Waals surface area contributed by atoms with E-state index in [1.807, 2.05) is 0 Å². The van der Waals surface area contributed by atoms with E-state index >= 15 is 0 Å². The average molecular weight is 1020 g/mol. The number of nitrogens with two attached hydrogens (primary N) is 1. The summed E-state index contributed by atoms with van der Waals surface area (Å²) in [6.07, 6.45) is -13.8. The van der Waals surface area contributed by atoms with Gasteiger partial charge in [-0.05, 0) is 13.0 Å². The summed E-state index contributed by atoms with van der Waals surface area (Å²) in [4.78, 5) is 63.4. The average Bonchev–Trinajstić information content (AvgIpc) is 3.31. The maximum Gasteiger partial charge on any atom is 0.364 e. The van der Waals surface area contributed by atoms with Crippen LogP contribution in [0, 0.1) is 0 Å². The predicted molar refractivity (Wildman–Crippen MR) is 239 cm³/mol. The SMILES string of the molecule is CCCCCCCCCCCCNCC(O)C1OC(OC(CO)C(O)C2OC(OC(CO)C(O)C3OC(O)(C(=O)O)CC(O)C3NC(C)=O)(C(=O)O)CC(OC)C2NC(=O)CC)(C(=O)O)CC(O)C1N. The Hall–Kier alpha value is -3.29. The van der Waals surface area contributed by atoms with Crippen molar-refractivity contribution in [3.8, 4) is 0 Å². The minimum atomic E-state index is -3.18. The summed E-state index contributed by atoms with van der Waals surface area (Å²) >= 11 is 0. The van der Waals surface area contributed by atoms with Crippen LogP contribution >= 0.6 is 0 Å². The number of hydrogen-bond donors (Lipinski definition) is 15. The fraction of sp³-hybridized carbons (Fsp3) is 0.886. The number of carbonyl (C=O) groups excluding carboxylic acids is 2. The zero-order valence-corrected chi connectivity index (χ0v) is 40.3. The lowest BCUT2D eigenvalue weighted by molar-refractivity contribution is -0.355. The van der Waals surface area contributed by atoms with E-state index in [2.05, 4.69) is 22.9 Å². The maximum atomic E-state index is 13.3. The first kappa shape index (κ1) is 61.0. The topological polar surface area (TPSA) is 425 Å². The number of aliphatic hydroxyl groups excluding tert-OH is 7. The van der Waals surface area contributed by atoms with Crippen LogP contribution in [-0.4, -0.2) is 222 Å². The molecule has 17 atom stereocenters. The van der Waals surface area contributed by atoms with Crippen LogP contribution in [0.3, 0.4) is 0 Å². The smallest absolute Gasteiger partial charge is 0.364 e. The molecule has 0 radical (unpaired) electrons. The third-order valence-corrected chi connectivity index (χ3v) is 13.0. The van der Waals surface area contributed by atoms with Gasteiger partial charge in [0, 0.05) is 46.3 Å². The number of methoxy groups -OCH3 is 1. The number of carbonyl (C=O) groups is 5. The van der Waals surface area contributed by atoms with E-state index in [1.54, 1.807) is 0 Å². The normalized spacial score (nSPS) is 33.6. The molecular formula is C44H78N4O22. The maximum absolute atomic E-state index is 13.3. The van der Waals surface area contributed by atoms with Gasteiger partial charge in [-0.25, -0.2) is 14.4 Å². The fourth-order valence-corrected chi connectivity index (χ4v) is 9.01. The number of carboxylic acids is 3. The monoisotopic (exact) mass is 1010 g/mol. The fourth-order valence-electron chi connectivity index (χ4n) is 9.01. The Balaban J connectivity index is 1.92. The number of amides is 2. The largest absolute Gasteiger partial charge is 0.477 e. The number of hydrogen-bond acceptors (Lipinski definition) is 21. The van der Waals surface area contributed by atoms with Crippen molar-refractivity contribution in [3.05, 3.63) is 0 Å². The molecule has 0 aromatic carbocycles. The molecule has 3 fully saturated rings. The quantitative estimate of drug-likeness (QED) is 0.0300. The molecule has 16 N–H and O–H groups in total. The van der Waals surface area contributed by atoms with Crippen molar-refractivity contribution in [2.75, 3.05) is 33.4 Å². The standard InChI is InChI=1S/C44H78N4O22/c1-5-7-8-9-10-11-12-13-14-15-16-46-20-26(54)36-31(45)24(52)18-43(69-36,40(60)61)66-29(22-50)35(57)38-33(48-30(55)6-2)27(65-4)19-44(70-38,41(62)63)67-28(21-49)34(56)37-32(47-23(3)51)25(53)17-42(64,68-37)39(58)59/h24-29,31-38,46,49-50,52-54,56-57,64H,5-22,45H2,1-4H3,(H,47,51)(H,48,55)(H,58,59)(H,60,61)(H,62,63). The second-order valence-electron chi connectivity index (χ2n) is 18.3. The van der Waals surface area contributed by atoms with Crippen LogP contribution in [0.25, 0.3) is 0 Å². The highest BCUT2D eigenvalue weighted by molar-refractivity contribution is 5.78. The molecule has 3 aliphatic heterocycles. The first-order valence-electron chi connectivity index (χ1n) is 24.0. The minimum Gasteiger partial charge on any atom is -0.477 e. The van der Waals surface area contributed by atoms with Crippen LogP contribution in [0.2, 0.25) is 0 Å². The molecule has 70 heavy (non-hydrogen) atoms. The van der Waals surface area contributed by atoms with Crippen molar-refractivity contribution in [2.24, 2.45) is 5.73 Å². The molecule has 17 unspecified atom stereocenters. The van der Waals surface area contributed by atoms with Gasteiger partial charge in [0.2, 0.25) is 11.8 Å². The number of carboxylic acid groups (broad SMARTS) is 3. The number of aliphatic carboxylic acids is 3. The lowest BCUT2D eigenvalue weighted by atomic mass is 9.87. The summed E-state index contributed by atoms with van der Waals surface area (Å²) in [5, 5.41) is 127. The van der Waals surface area contributed by atoms with Crippen LogP contribution in [-0.2, 0) is 52.4 Å². The van der Waals surface area contributed by atoms with Crippen LogP contribution in [0.15, 0.2) is 0 Å². The van der Waals surface area contributed by atoms with Crippen molar-refractivity contribution in [1.29, 1.82) is 0 Å². The Morgan fingerprint density at radius 2 is 1.19 bits per heavy atom. The van der Waals surface area contributed by atoms with Crippen molar-refractivity contribution >= 4 is 29.7 Å². The van der Waals surface area contributed by atoms with Gasteiger partial charge in [0.05, 0.1) is 55.8 Å². The van der Waals surface area contributed by atoms with Gasteiger partial charge in [-0.1, -0.05) is 71.6 Å². The molecule has 406 valence electrons. The van der Waals surface area contributed by atoms with E-state index in [0.717, 1.165) is 46.1 Å². The van der Waals surface area contributed by atoms with Crippen LogP contribution in [0.5, 0.6) is 0 Å². The van der Waals surface area contributed by atoms with Gasteiger partial charge in [-0.15, -0.1) is 0 Å². The molecule has 0 spiro atoms. The molecule has 3 rings (SSSR count). The Bertz CT molecular complexity index is 1670. The molecule has 0 saturated carbocycles. The van der Waals surface area contributed by atoms with E-state index in [0.29, 0.717) is 6.54 Å². The molecule has 0 aromatic heterocycles. The molecular weight excluding hydrogens is 936 g/mol. The van der Waals surface area contributed by atoms with Gasteiger partial charge in [-0.3, -0.25) is 9.59 Å². The highest BCUT2D eigenvalue weighted by Crippen LogP contribution is 2.40. The molecule has 0 aliphatic carbocycles. The number of unbranched alkanes of at least 4 members (excludes halogenated alkanes) is 9. The number of nitrogens with one attached hydrogen (secondary N) is 3. The van der Waals surface area contributed by atoms with E-state index in [4.69, 9.17) is 34.2 Å². The summed E-state index contributed by atoms with van der Waals surface area (Å²) in [5.74, 6) is -16.8. The first-order chi connectivity index (χ1) is 33.0. The molecule has 0 bridgehead atoms. The molecule has 26 heteroatoms. The number of aliphatic hydroxyl groups is 8. The second-order valence-corrected chi connectivity index (χ2v) is 18.3. The first-order valence-corrected chi connectivity index (χ1v) is 24.0. The van der Waals surface area contributed by atoms with Gasteiger partial charge in [-0.2, -0.15) is 0 Å². The number of ether oxygens (including phenoxy) is 6. The summed E-state index contributed by atoms with van der Waals surface area (Å²) in [6.45, 7) is 2.33. The Morgan fingerprint density at radius 1 is 0.686 bits per heavy atom. The third-order valence-electron chi connectivity index (χ3n) is 13.0. The predicted octanol–water partition coefficient (Wildman–Crippen LogP) is -3.50. The molecule has 26 nitrogen and oxygen atoms in total. The van der Waals surface area contributed by atoms with E-state index in [9.17, 15) is 80.1 Å². The molecule has 2 amide bonds. The van der Waals surface area contributed by atoms with Crippen LogP contribution in [0.1, 0.15) is 111 Å². The lowest BCUT2D eigenvalue weighted by Gasteiger charge is -2.50. The summed E-state index contributed by atoms with van der Waals surface area (Å²) in [6, 6.07) is -4.64. The van der Waals surface area contributed by atoms with Crippen LogP contribution < -0.4 is 21.7 Å². The van der Waals surface area contributed by atoms with Crippen molar-refractivity contribution in [3.63, 3.8) is 0 Å². The zero-order chi connectivity index (χ0) is 52.6. The number of rotatable bonds is 31. The van der Waals surface area contributed by atoms with Gasteiger partial charge in [0.1, 0.15) is 42.7 Å². The van der Waals surface area contributed by atoms with Crippen molar-refractivity contribution in [2.45, 2.75) is 213 Å². The zero-order valence-electron chi connectivity index (χ0n) is 40.3. The minimum absolute atomic E-state index is 0.153. The summed E-state index contributed by atoms with van der Waals surface area (Å²) in [7, 11) is 1.06. The highest BCUT2D eigenvalue weighted by atomic mass is 16.8. The Kier molecular flexibility index (Phi) is 24.6. The summed E-state index contributed by atoms with van der Waals surface area (Å²) in [5.41, 5.74) is 6.20. The van der Waals surface area contributed by atoms with E-state index in [-0.39, 0.29) is 13.0 Å². The summed E-state index contributed by atoms with van der Waals surface area (Å²) < 4.78 is 34.1. The Labute approximate surface area is 406 Å². The Morgan fingerprint density at radius 3 is 1.66 bits per heavy atom. The van der Waals surface area contributed by atoms with Gasteiger partial charge < -0.3 is 106 Å². The van der Waals surface area contributed by atoms with E-state index in [1.165, 1.54) is 39.0 Å². The molecule has 3 saturated heterocycles. The van der Waals surface area contributed by atoms with Gasteiger partial charge in [0.15, 0.2) is 0 Å². The highest BCUT2D eigenvalue weighted by Gasteiger charge is 2.61. The molecule has 0 aromatic rings. The van der Waals surface area contributed by atoms with Gasteiger partial charge >= 0.3 is 17.9 Å². The van der Waals surface area contributed by atoms with Crippen molar-refractivity contribution < 1.29 is 109 Å². The molecule has 3 heterocycles. The van der Waals surface area contributed by atoms with Gasteiger partial charge in [0.25, 0.3) is 17.4 Å². The lowest BCUT2D eigenvalue weighted by Crippen LogP contribution is -2.71. The van der Waals surface area contributed by atoms with Crippen LogP contribution in [0.4, 0.5) is 0 Å². The third kappa shape index (κ3) is 15.9. The molecule has 3 aliphatic rings. The van der Waals surface area contributed by atoms with E-state index < -0.39 is 165 Å². The van der Waals surface area contributed by atoms with Crippen molar-refractivity contribution in [1.82, 2.24) is 16.0 Å². The second kappa shape index (κ2) is 28.2.